The molecule has 0 aromatic heterocycles. The second-order valence-corrected chi connectivity index (χ2v) is 7.83. The van der Waals surface area contributed by atoms with Gasteiger partial charge in [-0.3, -0.25) is 14.5 Å². The molecule has 2 aliphatic rings. The quantitative estimate of drug-likeness (QED) is 0.668. The maximum atomic E-state index is 13.1. The molecule has 2 aromatic carbocycles. The molecule has 0 saturated carbocycles. The Hall–Kier alpha value is -3.55. The molecule has 2 aliphatic heterocycles. The Morgan fingerprint density at radius 1 is 1.16 bits per heavy atom. The summed E-state index contributed by atoms with van der Waals surface area (Å²) in [4.78, 5) is 39.4. The van der Waals surface area contributed by atoms with Crippen LogP contribution >= 0.6 is 0 Å². The number of rotatable bonds is 7. The molecule has 1 fully saturated rings. The third-order valence-corrected chi connectivity index (χ3v) is 5.64. The molecule has 8 nitrogen and oxygen atoms in total. The van der Waals surface area contributed by atoms with Gasteiger partial charge in [0.1, 0.15) is 12.1 Å². The summed E-state index contributed by atoms with van der Waals surface area (Å²) >= 11 is 0. The minimum atomic E-state index is -1.29. The smallest absolute Gasteiger partial charge is 0.325 e. The zero-order valence-electron chi connectivity index (χ0n) is 17.5. The van der Waals surface area contributed by atoms with Gasteiger partial charge in [-0.15, -0.1) is 0 Å². The van der Waals surface area contributed by atoms with Crippen molar-refractivity contribution in [1.82, 2.24) is 15.5 Å². The lowest BCUT2D eigenvalue weighted by Crippen LogP contribution is -2.43. The molecule has 2 heterocycles. The predicted molar refractivity (Wildman–Crippen MR) is 112 cm³/mol. The van der Waals surface area contributed by atoms with Gasteiger partial charge in [-0.1, -0.05) is 49.7 Å². The Morgan fingerprint density at radius 3 is 2.65 bits per heavy atom. The number of hydrogen-bond acceptors (Lipinski definition) is 5. The average molecular weight is 423 g/mol. The molecule has 0 bridgehead atoms. The summed E-state index contributed by atoms with van der Waals surface area (Å²) in [6, 6.07) is 13.9. The minimum Gasteiger partial charge on any atom is -0.454 e. The van der Waals surface area contributed by atoms with E-state index in [0.29, 0.717) is 17.1 Å². The molecule has 2 atom stereocenters. The van der Waals surface area contributed by atoms with Crippen LogP contribution in [0.15, 0.2) is 48.5 Å². The summed E-state index contributed by atoms with van der Waals surface area (Å²) in [5.41, 5.74) is 0.256. The summed E-state index contributed by atoms with van der Waals surface area (Å²) in [5.74, 6) is 0.226. The van der Waals surface area contributed by atoms with Crippen molar-refractivity contribution in [3.05, 3.63) is 59.7 Å². The van der Waals surface area contributed by atoms with Gasteiger partial charge < -0.3 is 20.1 Å². The van der Waals surface area contributed by atoms with Crippen molar-refractivity contribution in [1.29, 1.82) is 0 Å². The van der Waals surface area contributed by atoms with Gasteiger partial charge >= 0.3 is 6.03 Å². The van der Waals surface area contributed by atoms with Gasteiger partial charge in [0.05, 0.1) is 6.04 Å². The third-order valence-electron chi connectivity index (χ3n) is 5.64. The van der Waals surface area contributed by atoms with E-state index in [1.807, 2.05) is 37.3 Å². The van der Waals surface area contributed by atoms with E-state index >= 15 is 0 Å². The number of fused-ring (bicyclic) bond motifs is 1. The zero-order chi connectivity index (χ0) is 22.0. The third kappa shape index (κ3) is 3.93. The van der Waals surface area contributed by atoms with E-state index < -0.39 is 17.5 Å². The molecule has 2 aromatic rings. The highest BCUT2D eigenvalue weighted by Gasteiger charge is 2.50. The second kappa shape index (κ2) is 8.29. The Morgan fingerprint density at radius 2 is 1.90 bits per heavy atom. The number of ether oxygens (including phenoxy) is 2. The van der Waals surface area contributed by atoms with Crippen molar-refractivity contribution in [3.8, 4) is 11.5 Å². The van der Waals surface area contributed by atoms with Crippen molar-refractivity contribution < 1.29 is 23.9 Å². The highest BCUT2D eigenvalue weighted by Crippen LogP contribution is 2.37. The first-order chi connectivity index (χ1) is 14.9. The first kappa shape index (κ1) is 20.7. The van der Waals surface area contributed by atoms with Crippen LogP contribution in [0.3, 0.4) is 0 Å². The van der Waals surface area contributed by atoms with Crippen LogP contribution in [0.1, 0.15) is 43.9 Å². The minimum absolute atomic E-state index is 0.114. The number of nitrogens with one attached hydrogen (secondary N) is 2. The number of hydrogen-bond donors (Lipinski definition) is 2. The number of nitrogens with zero attached hydrogens (tertiary/aromatic N) is 1. The van der Waals surface area contributed by atoms with Crippen LogP contribution < -0.4 is 20.1 Å². The topological polar surface area (TPSA) is 97.0 Å². The Balaban J connectivity index is 1.48. The first-order valence-corrected chi connectivity index (χ1v) is 10.3. The number of urea groups is 1. The van der Waals surface area contributed by atoms with E-state index in [1.165, 1.54) is 0 Å². The predicted octanol–water partition coefficient (Wildman–Crippen LogP) is 2.84. The summed E-state index contributed by atoms with van der Waals surface area (Å²) < 4.78 is 10.7. The second-order valence-electron chi connectivity index (χ2n) is 7.83. The van der Waals surface area contributed by atoms with Crippen molar-refractivity contribution in [2.75, 3.05) is 13.3 Å². The van der Waals surface area contributed by atoms with Crippen molar-refractivity contribution >= 4 is 17.8 Å². The fraction of sp³-hybridized carbons (Fsp3) is 0.348. The number of benzene rings is 2. The van der Waals surface area contributed by atoms with E-state index in [1.54, 1.807) is 25.1 Å². The molecular formula is C23H25N3O5. The van der Waals surface area contributed by atoms with E-state index in [9.17, 15) is 14.4 Å². The summed E-state index contributed by atoms with van der Waals surface area (Å²) in [5, 5.41) is 5.67. The van der Waals surface area contributed by atoms with Gasteiger partial charge in [0.2, 0.25) is 12.7 Å². The molecule has 2 N–H and O–H groups in total. The molecule has 0 aliphatic carbocycles. The Labute approximate surface area is 180 Å². The fourth-order valence-electron chi connectivity index (χ4n) is 3.92. The van der Waals surface area contributed by atoms with Crippen LogP contribution in [0.25, 0.3) is 0 Å². The highest BCUT2D eigenvalue weighted by atomic mass is 16.7. The maximum absolute atomic E-state index is 13.1. The van der Waals surface area contributed by atoms with Crippen LogP contribution in [-0.4, -0.2) is 36.1 Å². The fourth-order valence-corrected chi connectivity index (χ4v) is 3.92. The number of imide groups is 1. The van der Waals surface area contributed by atoms with Crippen LogP contribution in [-0.2, 0) is 15.1 Å². The lowest BCUT2D eigenvalue weighted by Gasteiger charge is -2.23. The highest BCUT2D eigenvalue weighted by molar-refractivity contribution is 6.09. The monoisotopic (exact) mass is 423 g/mol. The lowest BCUT2D eigenvalue weighted by molar-refractivity contribution is -0.135. The standard InChI is InChI=1S/C23H25N3O5/c1-3-7-17(15-8-5-4-6-9-15)24-20(27)13-26-21(28)23(2,25-22(26)29)16-10-11-18-19(12-16)31-14-30-18/h4-6,8-12,17H,3,7,13-14H2,1-2H3,(H,24,27)(H,25,29)/t17-,23+/m0/s1. The Kier molecular flexibility index (Phi) is 5.54. The molecule has 31 heavy (non-hydrogen) atoms. The van der Waals surface area contributed by atoms with Gasteiger partial charge in [-0.2, -0.15) is 0 Å². The van der Waals surface area contributed by atoms with Crippen molar-refractivity contribution in [2.45, 2.75) is 38.3 Å². The zero-order valence-corrected chi connectivity index (χ0v) is 17.5. The van der Waals surface area contributed by atoms with Gasteiger partial charge in [-0.05, 0) is 36.6 Å². The number of carbonyl (C=O) groups excluding carboxylic acids is 3. The van der Waals surface area contributed by atoms with Crippen LogP contribution in [0.2, 0.25) is 0 Å². The van der Waals surface area contributed by atoms with E-state index in [4.69, 9.17) is 9.47 Å². The summed E-state index contributed by atoms with van der Waals surface area (Å²) in [6.07, 6.45) is 1.63. The largest absolute Gasteiger partial charge is 0.454 e. The average Bonchev–Trinajstić information content (AvgIpc) is 3.32. The van der Waals surface area contributed by atoms with Gasteiger partial charge in [0.15, 0.2) is 11.5 Å². The van der Waals surface area contributed by atoms with Gasteiger partial charge in [-0.25, -0.2) is 4.79 Å². The normalized spacial score (nSPS) is 20.5. The lowest BCUT2D eigenvalue weighted by atomic mass is 9.91. The molecule has 4 rings (SSSR count). The number of amides is 4. The molecule has 162 valence electrons. The van der Waals surface area contributed by atoms with Crippen LogP contribution in [0.5, 0.6) is 11.5 Å². The van der Waals surface area contributed by atoms with Gasteiger partial charge in [0.25, 0.3) is 5.91 Å². The molecule has 0 spiro atoms. The van der Waals surface area contributed by atoms with Gasteiger partial charge in [0, 0.05) is 0 Å². The van der Waals surface area contributed by atoms with E-state index in [0.717, 1.165) is 23.3 Å². The Bertz CT molecular complexity index is 1010. The van der Waals surface area contributed by atoms with Crippen molar-refractivity contribution in [3.63, 3.8) is 0 Å². The molecule has 1 saturated heterocycles. The maximum Gasteiger partial charge on any atom is 0.325 e. The van der Waals surface area contributed by atoms with E-state index in [2.05, 4.69) is 10.6 Å². The SMILES string of the molecule is CCC[C@H](NC(=O)CN1C(=O)N[C@](C)(c2ccc3c(c2)OCO3)C1=O)c1ccccc1. The van der Waals surface area contributed by atoms with Crippen molar-refractivity contribution in [2.24, 2.45) is 0 Å². The molecule has 4 amide bonds. The number of carbonyl (C=O) groups is 3. The molecule has 0 unspecified atom stereocenters. The summed E-state index contributed by atoms with van der Waals surface area (Å²) in [7, 11) is 0. The molecule has 8 heteroatoms. The first-order valence-electron chi connectivity index (χ1n) is 10.3. The summed E-state index contributed by atoms with van der Waals surface area (Å²) in [6.45, 7) is 3.42. The van der Waals surface area contributed by atoms with Crippen LogP contribution in [0.4, 0.5) is 4.79 Å². The van der Waals surface area contributed by atoms with Crippen LogP contribution in [0, 0.1) is 0 Å². The molecule has 0 radical (unpaired) electrons. The van der Waals surface area contributed by atoms with E-state index in [-0.39, 0.29) is 25.3 Å². The molecular weight excluding hydrogens is 398 g/mol.